The van der Waals surface area contributed by atoms with Crippen molar-refractivity contribution < 1.29 is 24.0 Å². The third-order valence-electron chi connectivity index (χ3n) is 5.11. The lowest BCUT2D eigenvalue weighted by Crippen LogP contribution is -2.40. The highest BCUT2D eigenvalue weighted by atomic mass is 16.6. The average Bonchev–Trinajstić information content (AvgIpc) is 2.87. The molecule has 1 saturated carbocycles. The first-order valence-electron chi connectivity index (χ1n) is 9.38. The highest BCUT2D eigenvalue weighted by Crippen LogP contribution is 2.36. The number of nitrogens with zero attached hydrogens (tertiary/aromatic N) is 2. The maximum atomic E-state index is 12.5. The van der Waals surface area contributed by atoms with Crippen molar-refractivity contribution in [1.82, 2.24) is 0 Å². The van der Waals surface area contributed by atoms with Gasteiger partial charge < -0.3 is 9.64 Å². The Labute approximate surface area is 164 Å². The standard InChI is InChI=1S/C20H26N2O6/c1-13(2)22(15-7-5-4-6-8-15)19(24)12-28-20(25)10-16-17(11-21(26)27)14(3)9-18(16)23/h4-8,13-14,16-17H,9-12H2,1-3H3/t14-,16-,17+/m0/s1. The second-order valence-corrected chi connectivity index (χ2v) is 7.49. The van der Waals surface area contributed by atoms with Crippen LogP contribution in [-0.4, -0.2) is 41.8 Å². The summed E-state index contributed by atoms with van der Waals surface area (Å²) in [6.07, 6.45) is -0.00745. The van der Waals surface area contributed by atoms with Gasteiger partial charge in [-0.25, -0.2) is 0 Å². The maximum absolute atomic E-state index is 12.5. The predicted molar refractivity (Wildman–Crippen MR) is 102 cm³/mol. The van der Waals surface area contributed by atoms with E-state index in [4.69, 9.17) is 4.74 Å². The summed E-state index contributed by atoms with van der Waals surface area (Å²) >= 11 is 0. The Bertz CT molecular complexity index is 733. The van der Waals surface area contributed by atoms with E-state index >= 15 is 0 Å². The van der Waals surface area contributed by atoms with Crippen LogP contribution in [0.5, 0.6) is 0 Å². The summed E-state index contributed by atoms with van der Waals surface area (Å²) in [5.74, 6) is -2.57. The highest BCUT2D eigenvalue weighted by molar-refractivity contribution is 5.96. The van der Waals surface area contributed by atoms with Crippen LogP contribution in [0.15, 0.2) is 30.3 Å². The van der Waals surface area contributed by atoms with Gasteiger partial charge in [0.2, 0.25) is 6.54 Å². The lowest BCUT2D eigenvalue weighted by molar-refractivity contribution is -0.490. The molecular formula is C20H26N2O6. The molecule has 3 atom stereocenters. The number of hydrogen-bond donors (Lipinski definition) is 0. The summed E-state index contributed by atoms with van der Waals surface area (Å²) in [6.45, 7) is 4.70. The fourth-order valence-corrected chi connectivity index (χ4v) is 3.77. The molecule has 1 aliphatic rings. The molecule has 1 aromatic rings. The number of ketones is 1. The van der Waals surface area contributed by atoms with Crippen molar-refractivity contribution >= 4 is 23.3 Å². The minimum absolute atomic E-state index is 0.129. The number of benzene rings is 1. The summed E-state index contributed by atoms with van der Waals surface area (Å²) < 4.78 is 5.10. The largest absolute Gasteiger partial charge is 0.456 e. The lowest BCUT2D eigenvalue weighted by atomic mass is 9.88. The summed E-state index contributed by atoms with van der Waals surface area (Å²) in [5, 5.41) is 10.9. The van der Waals surface area contributed by atoms with Gasteiger partial charge in [-0.05, 0) is 31.9 Å². The Kier molecular flexibility index (Phi) is 7.25. The van der Waals surface area contributed by atoms with Crippen LogP contribution in [0.4, 0.5) is 5.69 Å². The van der Waals surface area contributed by atoms with Crippen LogP contribution >= 0.6 is 0 Å². The molecule has 0 spiro atoms. The SMILES string of the molecule is CC(C)N(C(=O)COC(=O)C[C@@H]1C(=O)C[C@H](C)[C@H]1C[N+](=O)[O-])c1ccccc1. The zero-order chi connectivity index (χ0) is 20.8. The first kappa shape index (κ1) is 21.5. The number of ether oxygens (including phenoxy) is 1. The molecule has 28 heavy (non-hydrogen) atoms. The average molecular weight is 390 g/mol. The number of anilines is 1. The van der Waals surface area contributed by atoms with Gasteiger partial charge in [-0.2, -0.15) is 0 Å². The van der Waals surface area contributed by atoms with Gasteiger partial charge in [-0.3, -0.25) is 24.5 Å². The van der Waals surface area contributed by atoms with Crippen LogP contribution in [0.25, 0.3) is 0 Å². The highest BCUT2D eigenvalue weighted by Gasteiger charge is 2.44. The molecule has 0 bridgehead atoms. The Morgan fingerprint density at radius 1 is 1.29 bits per heavy atom. The molecule has 152 valence electrons. The maximum Gasteiger partial charge on any atom is 0.307 e. The molecular weight excluding hydrogens is 364 g/mol. The van der Waals surface area contributed by atoms with Gasteiger partial charge in [-0.15, -0.1) is 0 Å². The lowest BCUT2D eigenvalue weighted by Gasteiger charge is -2.26. The van der Waals surface area contributed by atoms with Crippen molar-refractivity contribution in [3.8, 4) is 0 Å². The third-order valence-corrected chi connectivity index (χ3v) is 5.11. The van der Waals surface area contributed by atoms with E-state index in [1.54, 1.807) is 19.1 Å². The molecule has 1 aromatic carbocycles. The topological polar surface area (TPSA) is 107 Å². The van der Waals surface area contributed by atoms with Crippen molar-refractivity contribution in [2.24, 2.45) is 17.8 Å². The fraction of sp³-hybridized carbons (Fsp3) is 0.550. The number of carbonyl (C=O) groups excluding carboxylic acids is 3. The summed E-state index contributed by atoms with van der Waals surface area (Å²) in [7, 11) is 0. The number of carbonyl (C=O) groups is 3. The van der Waals surface area contributed by atoms with Gasteiger partial charge in [0.05, 0.1) is 6.42 Å². The molecule has 0 aliphatic heterocycles. The van der Waals surface area contributed by atoms with E-state index in [2.05, 4.69) is 0 Å². The van der Waals surface area contributed by atoms with E-state index in [9.17, 15) is 24.5 Å². The van der Waals surface area contributed by atoms with Crippen LogP contribution in [0.3, 0.4) is 0 Å². The first-order chi connectivity index (χ1) is 13.2. The molecule has 8 heteroatoms. The fourth-order valence-electron chi connectivity index (χ4n) is 3.77. The number of amides is 1. The van der Waals surface area contributed by atoms with Crippen LogP contribution in [0.2, 0.25) is 0 Å². The number of esters is 1. The normalized spacial score (nSPS) is 21.6. The number of Topliss-reactive ketones (excluding diaryl/α,β-unsaturated/α-hetero) is 1. The molecule has 0 aromatic heterocycles. The first-order valence-corrected chi connectivity index (χ1v) is 9.38. The summed E-state index contributed by atoms with van der Waals surface area (Å²) in [4.78, 5) is 48.8. The molecule has 0 radical (unpaired) electrons. The molecule has 8 nitrogen and oxygen atoms in total. The number of rotatable bonds is 8. The Morgan fingerprint density at radius 2 is 1.93 bits per heavy atom. The van der Waals surface area contributed by atoms with Gasteiger partial charge in [0.15, 0.2) is 6.61 Å². The Balaban J connectivity index is 1.96. The quantitative estimate of drug-likeness (QED) is 0.383. The molecule has 1 fully saturated rings. The van der Waals surface area contributed by atoms with Crippen LogP contribution < -0.4 is 4.90 Å². The second-order valence-electron chi connectivity index (χ2n) is 7.49. The third kappa shape index (κ3) is 5.37. The van der Waals surface area contributed by atoms with Crippen LogP contribution in [0, 0.1) is 27.9 Å². The zero-order valence-electron chi connectivity index (χ0n) is 16.4. The minimum atomic E-state index is -0.724. The van der Waals surface area contributed by atoms with Gasteiger partial charge in [0, 0.05) is 34.9 Å². The second kappa shape index (κ2) is 9.43. The molecule has 1 aliphatic carbocycles. The number of para-hydroxylation sites is 1. The Morgan fingerprint density at radius 3 is 2.50 bits per heavy atom. The molecule has 0 N–H and O–H groups in total. The van der Waals surface area contributed by atoms with Crippen molar-refractivity contribution in [2.45, 2.75) is 39.7 Å². The van der Waals surface area contributed by atoms with E-state index in [-0.39, 0.29) is 43.0 Å². The van der Waals surface area contributed by atoms with Crippen LogP contribution in [-0.2, 0) is 19.1 Å². The molecule has 2 rings (SSSR count). The van der Waals surface area contributed by atoms with E-state index in [0.29, 0.717) is 5.69 Å². The van der Waals surface area contributed by atoms with Gasteiger partial charge in [0.25, 0.3) is 5.91 Å². The van der Waals surface area contributed by atoms with Crippen molar-refractivity contribution in [3.63, 3.8) is 0 Å². The summed E-state index contributed by atoms with van der Waals surface area (Å²) in [6, 6.07) is 8.92. The van der Waals surface area contributed by atoms with E-state index in [1.165, 1.54) is 4.90 Å². The van der Waals surface area contributed by atoms with E-state index in [1.807, 2.05) is 32.0 Å². The number of nitro groups is 1. The molecule has 0 saturated heterocycles. The zero-order valence-corrected chi connectivity index (χ0v) is 16.4. The Hall–Kier alpha value is -2.77. The van der Waals surface area contributed by atoms with E-state index < -0.39 is 29.3 Å². The van der Waals surface area contributed by atoms with Crippen molar-refractivity contribution in [3.05, 3.63) is 40.4 Å². The minimum Gasteiger partial charge on any atom is -0.456 e. The summed E-state index contributed by atoms with van der Waals surface area (Å²) in [5.41, 5.74) is 0.699. The van der Waals surface area contributed by atoms with Crippen molar-refractivity contribution in [2.75, 3.05) is 18.1 Å². The van der Waals surface area contributed by atoms with Gasteiger partial charge in [-0.1, -0.05) is 25.1 Å². The van der Waals surface area contributed by atoms with E-state index in [0.717, 1.165) is 0 Å². The van der Waals surface area contributed by atoms with Crippen molar-refractivity contribution in [1.29, 1.82) is 0 Å². The van der Waals surface area contributed by atoms with Gasteiger partial charge in [0.1, 0.15) is 5.78 Å². The van der Waals surface area contributed by atoms with Gasteiger partial charge >= 0.3 is 5.97 Å². The molecule has 1 amide bonds. The molecule has 0 heterocycles. The smallest absolute Gasteiger partial charge is 0.307 e. The number of hydrogen-bond acceptors (Lipinski definition) is 6. The monoisotopic (exact) mass is 390 g/mol. The van der Waals surface area contributed by atoms with Crippen LogP contribution in [0.1, 0.15) is 33.6 Å². The molecule has 0 unspecified atom stereocenters. The predicted octanol–water partition coefficient (Wildman–Crippen LogP) is 2.48.